The summed E-state index contributed by atoms with van der Waals surface area (Å²) in [6.07, 6.45) is 0. The van der Waals surface area contributed by atoms with Gasteiger partial charge in [-0.2, -0.15) is 0 Å². The largest absolute Gasteiger partial charge is 0.143 e. The summed E-state index contributed by atoms with van der Waals surface area (Å²) in [7, 11) is -1.94. The third kappa shape index (κ3) is 3.86. The monoisotopic (exact) mass is 236 g/mol. The van der Waals surface area contributed by atoms with Crippen LogP contribution in [0.3, 0.4) is 0 Å². The van der Waals surface area contributed by atoms with Gasteiger partial charge in [-0.3, -0.25) is 0 Å². The summed E-state index contributed by atoms with van der Waals surface area (Å²) in [5, 5.41) is 0. The fourth-order valence-corrected chi connectivity index (χ4v) is 69.0. The van der Waals surface area contributed by atoms with E-state index in [1.807, 2.05) is 0 Å². The van der Waals surface area contributed by atoms with Crippen LogP contribution in [0.2, 0.25) is 52.4 Å². The summed E-state index contributed by atoms with van der Waals surface area (Å²) in [5.74, 6) is 0. The van der Waals surface area contributed by atoms with Crippen LogP contribution in [-0.2, 0) is 0 Å². The van der Waals surface area contributed by atoms with E-state index in [0.29, 0.717) is 6.57 Å². The van der Waals surface area contributed by atoms with Gasteiger partial charge in [-0.05, 0) is 0 Å². The van der Waals surface area contributed by atoms with Crippen LogP contribution >= 0.6 is 6.57 Å². The van der Waals surface area contributed by atoms with E-state index in [1.165, 1.54) is 0 Å². The van der Waals surface area contributed by atoms with Crippen LogP contribution in [0.4, 0.5) is 0 Å². The van der Waals surface area contributed by atoms with Gasteiger partial charge in [0.25, 0.3) is 0 Å². The van der Waals surface area contributed by atoms with Crippen LogP contribution in [-0.4, -0.2) is 23.9 Å². The van der Waals surface area contributed by atoms with Crippen molar-refractivity contribution in [2.75, 3.05) is 0 Å². The van der Waals surface area contributed by atoms with E-state index in [4.69, 9.17) is 0 Å². The highest BCUT2D eigenvalue weighted by atomic mass is 31.8. The topological polar surface area (TPSA) is 0 Å². The third-order valence-electron chi connectivity index (χ3n) is 1.96. The molecule has 0 unspecified atom stereocenters. The highest BCUT2D eigenvalue weighted by Gasteiger charge is 2.38. The maximum atomic E-state index is 2.59. The molecule has 0 amide bonds. The number of rotatable bonds is 3. The zero-order valence-electron chi connectivity index (χ0n) is 10.0. The molecule has 0 N–H and O–H groups in total. The molecule has 0 nitrogen and oxygen atoms in total. The summed E-state index contributed by atoms with van der Waals surface area (Å²) < 4.78 is 0. The van der Waals surface area contributed by atoms with Crippen molar-refractivity contribution >= 4 is 30.5 Å². The van der Waals surface area contributed by atoms with Gasteiger partial charge in [0.2, 0.25) is 0 Å². The molecule has 0 heterocycles. The van der Waals surface area contributed by atoms with Crippen molar-refractivity contribution in [1.82, 2.24) is 0 Å². The van der Waals surface area contributed by atoms with Gasteiger partial charge in [0.05, 0.1) is 23.9 Å². The normalized spacial score (nSPS) is 14.5. The number of hydrogen-bond acceptors (Lipinski definition) is 0. The van der Waals surface area contributed by atoms with Gasteiger partial charge in [0.15, 0.2) is 0 Å². The van der Waals surface area contributed by atoms with Crippen molar-refractivity contribution < 1.29 is 0 Å². The Balaban J connectivity index is 4.70. The lowest BCUT2D eigenvalue weighted by Crippen LogP contribution is -2.37. The van der Waals surface area contributed by atoms with Crippen molar-refractivity contribution in [3.63, 3.8) is 0 Å². The van der Waals surface area contributed by atoms with E-state index in [-0.39, 0.29) is 8.46 Å². The third-order valence-corrected chi connectivity index (χ3v) is 53.0. The molecule has 0 aromatic heterocycles. The first kappa shape index (κ1) is 13.1. The lowest BCUT2D eigenvalue weighted by atomic mass is 11.8. The van der Waals surface area contributed by atoms with Crippen molar-refractivity contribution in [2.45, 2.75) is 52.4 Å². The van der Waals surface area contributed by atoms with E-state index in [0.717, 1.165) is 0 Å². The molecule has 0 bridgehead atoms. The molecule has 12 heavy (non-hydrogen) atoms. The summed E-state index contributed by atoms with van der Waals surface area (Å²) in [5.41, 5.74) is 0. The molecule has 0 aliphatic carbocycles. The fourth-order valence-electron chi connectivity index (χ4n) is 2.56. The van der Waals surface area contributed by atoms with Gasteiger partial charge in [-0.1, -0.05) is 52.4 Å². The van der Waals surface area contributed by atoms with Crippen molar-refractivity contribution in [3.05, 3.63) is 0 Å². The molecular weight excluding hydrogens is 211 g/mol. The second kappa shape index (κ2) is 4.07. The average molecular weight is 237 g/mol. The lowest BCUT2D eigenvalue weighted by Gasteiger charge is -2.42. The van der Waals surface area contributed by atoms with Gasteiger partial charge in [0, 0.05) is 0 Å². The maximum Gasteiger partial charge on any atom is 0.0637 e. The van der Waals surface area contributed by atoms with E-state index in [9.17, 15) is 0 Å². The Morgan fingerprint density at radius 3 is 1.00 bits per heavy atom. The first-order valence-corrected chi connectivity index (χ1v) is 18.8. The van der Waals surface area contributed by atoms with Crippen molar-refractivity contribution in [2.24, 2.45) is 0 Å². The first-order chi connectivity index (χ1) is 5.07. The van der Waals surface area contributed by atoms with Crippen LogP contribution in [0, 0.1) is 0 Å². The van der Waals surface area contributed by atoms with Crippen LogP contribution in [0.25, 0.3) is 0 Å². The molecule has 0 rings (SSSR count). The average Bonchev–Trinajstić information content (AvgIpc) is 1.49. The quantitative estimate of drug-likeness (QED) is 0.511. The summed E-state index contributed by atoms with van der Waals surface area (Å²) >= 11 is 0. The van der Waals surface area contributed by atoms with E-state index >= 15 is 0 Å². The minimum Gasteiger partial charge on any atom is -0.143 e. The highest BCUT2D eigenvalue weighted by Crippen LogP contribution is 2.56. The molecule has 0 aromatic rings. The molecular formula is C8H25PSi3. The zero-order valence-corrected chi connectivity index (χ0v) is 14.1. The number of hydrogen-bond donors (Lipinski definition) is 0. The van der Waals surface area contributed by atoms with Crippen LogP contribution in [0.1, 0.15) is 0 Å². The second-order valence-corrected chi connectivity index (χ2v) is 37.4. The van der Waals surface area contributed by atoms with Crippen LogP contribution in [0.5, 0.6) is 0 Å². The van der Waals surface area contributed by atoms with Gasteiger partial charge in [-0.25, -0.2) is 0 Å². The van der Waals surface area contributed by atoms with Crippen LogP contribution < -0.4 is 0 Å². The maximum absolute atomic E-state index is 2.59. The fraction of sp³-hybridized carbons (Fsp3) is 1.00. The molecule has 74 valence electrons. The van der Waals surface area contributed by atoms with Crippen molar-refractivity contribution in [3.8, 4) is 0 Å². The highest BCUT2D eigenvalue weighted by molar-refractivity contribution is 8.34. The van der Waals surface area contributed by atoms with Crippen LogP contribution in [0.15, 0.2) is 0 Å². The molecule has 0 saturated heterocycles. The summed E-state index contributed by atoms with van der Waals surface area (Å²) in [4.78, 5) is 0. The predicted octanol–water partition coefficient (Wildman–Crippen LogP) is 4.12. The van der Waals surface area contributed by atoms with Gasteiger partial charge < -0.3 is 0 Å². The minimum absolute atomic E-state index is 0.347. The minimum atomic E-state index is -0.797. The SMILES string of the molecule is C[SiH](C)P([Si](C)(C)C)[Si](C)(C)C. The van der Waals surface area contributed by atoms with E-state index < -0.39 is 15.5 Å². The molecule has 0 aliphatic heterocycles. The second-order valence-electron chi connectivity index (χ2n) is 5.81. The Kier molecular flexibility index (Phi) is 4.44. The molecule has 0 aliphatic rings. The Morgan fingerprint density at radius 2 is 1.00 bits per heavy atom. The van der Waals surface area contributed by atoms with E-state index in [2.05, 4.69) is 52.4 Å². The standard InChI is InChI=1S/C8H25PSi3/c1-10(2)9(11(3,4)5)12(6,7)8/h10H,1-8H3. The predicted molar refractivity (Wildman–Crippen MR) is 72.5 cm³/mol. The molecule has 0 radical (unpaired) electrons. The molecule has 0 aromatic carbocycles. The molecule has 0 saturated carbocycles. The van der Waals surface area contributed by atoms with Gasteiger partial charge >= 0.3 is 0 Å². The summed E-state index contributed by atoms with van der Waals surface area (Å²) in [6, 6.07) is 0. The lowest BCUT2D eigenvalue weighted by molar-refractivity contribution is 1.83. The molecule has 0 atom stereocenters. The molecule has 0 spiro atoms. The first-order valence-electron chi connectivity index (χ1n) is 4.86. The Morgan fingerprint density at radius 1 is 0.750 bits per heavy atom. The Hall–Kier alpha value is 1.08. The molecule has 4 heteroatoms. The Bertz CT molecular complexity index is 129. The zero-order chi connectivity index (χ0) is 10.2. The van der Waals surface area contributed by atoms with Gasteiger partial charge in [0.1, 0.15) is 0 Å². The van der Waals surface area contributed by atoms with E-state index in [1.54, 1.807) is 0 Å². The Labute approximate surface area is 83.1 Å². The van der Waals surface area contributed by atoms with Crippen molar-refractivity contribution in [1.29, 1.82) is 0 Å². The summed E-state index contributed by atoms with van der Waals surface area (Å²) in [6.45, 7) is 21.2. The van der Waals surface area contributed by atoms with Gasteiger partial charge in [-0.15, -0.1) is 6.57 Å². The molecule has 0 fully saturated rings. The smallest absolute Gasteiger partial charge is 0.0637 e.